The summed E-state index contributed by atoms with van der Waals surface area (Å²) < 4.78 is 0. The van der Waals surface area contributed by atoms with Crippen molar-refractivity contribution in [2.45, 2.75) is 33.4 Å². The van der Waals surface area contributed by atoms with E-state index in [1.54, 1.807) is 0 Å². The Balaban J connectivity index is 1.76. The van der Waals surface area contributed by atoms with Crippen molar-refractivity contribution in [2.24, 2.45) is 0 Å². The Morgan fingerprint density at radius 3 is 2.95 bits per heavy atom. The number of aryl methyl sites for hydroxylation is 2. The highest BCUT2D eigenvalue weighted by Gasteiger charge is 2.10. The molecule has 0 aliphatic heterocycles. The SMILES string of the molecule is Cc1ccc(C)c(C(C)NCc2c[nH]c3ncccc23)c1. The lowest BCUT2D eigenvalue weighted by atomic mass is 10.00. The Bertz CT molecular complexity index is 758. The maximum atomic E-state index is 4.33. The summed E-state index contributed by atoms with van der Waals surface area (Å²) in [7, 11) is 0. The molecule has 0 spiro atoms. The van der Waals surface area contributed by atoms with E-state index in [1.165, 1.54) is 27.6 Å². The summed E-state index contributed by atoms with van der Waals surface area (Å²) in [5.74, 6) is 0. The molecule has 108 valence electrons. The number of aromatic amines is 1. The van der Waals surface area contributed by atoms with Crippen LogP contribution in [0.5, 0.6) is 0 Å². The summed E-state index contributed by atoms with van der Waals surface area (Å²) in [6.45, 7) is 7.36. The zero-order valence-electron chi connectivity index (χ0n) is 12.8. The smallest absolute Gasteiger partial charge is 0.137 e. The molecular formula is C18H21N3. The normalized spacial score (nSPS) is 12.7. The van der Waals surface area contributed by atoms with Crippen LogP contribution >= 0.6 is 0 Å². The van der Waals surface area contributed by atoms with Gasteiger partial charge in [0.2, 0.25) is 0 Å². The molecule has 0 radical (unpaired) electrons. The fourth-order valence-electron chi connectivity index (χ4n) is 2.76. The predicted octanol–water partition coefficient (Wildman–Crippen LogP) is 4.03. The zero-order chi connectivity index (χ0) is 14.8. The minimum absolute atomic E-state index is 0.325. The van der Waals surface area contributed by atoms with E-state index in [-0.39, 0.29) is 0 Å². The Kier molecular flexibility index (Phi) is 3.76. The van der Waals surface area contributed by atoms with Gasteiger partial charge in [0.1, 0.15) is 5.65 Å². The highest BCUT2D eigenvalue weighted by atomic mass is 14.9. The van der Waals surface area contributed by atoms with Crippen molar-refractivity contribution in [2.75, 3.05) is 0 Å². The number of hydrogen-bond acceptors (Lipinski definition) is 2. The van der Waals surface area contributed by atoms with Gasteiger partial charge in [-0.05, 0) is 49.6 Å². The van der Waals surface area contributed by atoms with Gasteiger partial charge in [-0.2, -0.15) is 0 Å². The lowest BCUT2D eigenvalue weighted by Gasteiger charge is -2.17. The molecule has 2 heterocycles. The van der Waals surface area contributed by atoms with Crippen LogP contribution in [0.1, 0.15) is 35.2 Å². The van der Waals surface area contributed by atoms with Gasteiger partial charge in [0.15, 0.2) is 0 Å². The van der Waals surface area contributed by atoms with Crippen LogP contribution in [0.2, 0.25) is 0 Å². The lowest BCUT2D eigenvalue weighted by molar-refractivity contribution is 0.573. The number of H-pyrrole nitrogens is 1. The molecule has 2 N–H and O–H groups in total. The van der Waals surface area contributed by atoms with E-state index < -0.39 is 0 Å². The van der Waals surface area contributed by atoms with Gasteiger partial charge in [0.05, 0.1) is 0 Å². The van der Waals surface area contributed by atoms with Crippen LogP contribution in [0.3, 0.4) is 0 Å². The number of nitrogens with zero attached hydrogens (tertiary/aromatic N) is 1. The van der Waals surface area contributed by atoms with Gasteiger partial charge in [-0.3, -0.25) is 0 Å². The molecule has 1 unspecified atom stereocenters. The van der Waals surface area contributed by atoms with E-state index in [9.17, 15) is 0 Å². The lowest BCUT2D eigenvalue weighted by Crippen LogP contribution is -2.18. The van der Waals surface area contributed by atoms with Crippen molar-refractivity contribution in [3.8, 4) is 0 Å². The van der Waals surface area contributed by atoms with Crippen LogP contribution in [-0.4, -0.2) is 9.97 Å². The molecule has 3 nitrogen and oxygen atoms in total. The average molecular weight is 279 g/mol. The van der Waals surface area contributed by atoms with E-state index in [4.69, 9.17) is 0 Å². The molecular weight excluding hydrogens is 258 g/mol. The van der Waals surface area contributed by atoms with Crippen molar-refractivity contribution < 1.29 is 0 Å². The first-order chi connectivity index (χ1) is 10.1. The average Bonchev–Trinajstić information content (AvgIpc) is 2.90. The number of fused-ring (bicyclic) bond motifs is 1. The number of pyridine rings is 1. The fraction of sp³-hybridized carbons (Fsp3) is 0.278. The van der Waals surface area contributed by atoms with Crippen molar-refractivity contribution in [3.63, 3.8) is 0 Å². The van der Waals surface area contributed by atoms with Crippen molar-refractivity contribution in [3.05, 3.63) is 65.0 Å². The third kappa shape index (κ3) is 2.83. The van der Waals surface area contributed by atoms with Crippen LogP contribution in [-0.2, 0) is 6.54 Å². The van der Waals surface area contributed by atoms with Crippen molar-refractivity contribution in [1.82, 2.24) is 15.3 Å². The molecule has 3 rings (SSSR count). The molecule has 0 amide bonds. The van der Waals surface area contributed by atoms with E-state index in [0.717, 1.165) is 12.2 Å². The third-order valence-electron chi connectivity index (χ3n) is 4.04. The van der Waals surface area contributed by atoms with Gasteiger partial charge < -0.3 is 10.3 Å². The van der Waals surface area contributed by atoms with Crippen LogP contribution in [0.4, 0.5) is 0 Å². The first-order valence-electron chi connectivity index (χ1n) is 7.36. The third-order valence-corrected chi connectivity index (χ3v) is 4.04. The van der Waals surface area contributed by atoms with Gasteiger partial charge in [-0.25, -0.2) is 4.98 Å². The van der Waals surface area contributed by atoms with E-state index in [2.05, 4.69) is 60.3 Å². The maximum absolute atomic E-state index is 4.33. The number of aromatic nitrogens is 2. The van der Waals surface area contributed by atoms with Crippen molar-refractivity contribution >= 4 is 11.0 Å². The van der Waals surface area contributed by atoms with Gasteiger partial charge in [-0.1, -0.05) is 23.8 Å². The molecule has 2 aromatic heterocycles. The monoisotopic (exact) mass is 279 g/mol. The second kappa shape index (κ2) is 5.70. The largest absolute Gasteiger partial charge is 0.346 e. The summed E-state index contributed by atoms with van der Waals surface area (Å²) in [5, 5.41) is 4.81. The molecule has 1 atom stereocenters. The molecule has 0 aliphatic rings. The molecule has 1 aromatic carbocycles. The molecule has 0 saturated heterocycles. The standard InChI is InChI=1S/C18H21N3/c1-12-6-7-13(2)17(9-12)14(3)20-10-15-11-21-18-16(15)5-4-8-19-18/h4-9,11,14,20H,10H2,1-3H3,(H,19,21). The highest BCUT2D eigenvalue weighted by Crippen LogP contribution is 2.21. The van der Waals surface area contributed by atoms with Gasteiger partial charge in [-0.15, -0.1) is 0 Å². The Morgan fingerprint density at radius 2 is 2.10 bits per heavy atom. The summed E-state index contributed by atoms with van der Waals surface area (Å²) in [4.78, 5) is 7.55. The zero-order valence-corrected chi connectivity index (χ0v) is 12.8. The van der Waals surface area contributed by atoms with E-state index >= 15 is 0 Å². The van der Waals surface area contributed by atoms with E-state index in [1.807, 2.05) is 18.5 Å². The van der Waals surface area contributed by atoms with Crippen LogP contribution in [0.25, 0.3) is 11.0 Å². The summed E-state index contributed by atoms with van der Waals surface area (Å²) >= 11 is 0. The minimum Gasteiger partial charge on any atom is -0.346 e. The molecule has 21 heavy (non-hydrogen) atoms. The highest BCUT2D eigenvalue weighted by molar-refractivity contribution is 5.79. The fourth-order valence-corrected chi connectivity index (χ4v) is 2.76. The summed E-state index contributed by atoms with van der Waals surface area (Å²) in [6, 6.07) is 11.0. The van der Waals surface area contributed by atoms with Gasteiger partial charge in [0, 0.05) is 30.4 Å². The number of nitrogens with one attached hydrogen (secondary N) is 2. The van der Waals surface area contributed by atoms with E-state index in [0.29, 0.717) is 6.04 Å². The summed E-state index contributed by atoms with van der Waals surface area (Å²) in [6.07, 6.45) is 3.86. The predicted molar refractivity (Wildman–Crippen MR) is 87.3 cm³/mol. The van der Waals surface area contributed by atoms with Crippen LogP contribution < -0.4 is 5.32 Å². The van der Waals surface area contributed by atoms with Crippen LogP contribution in [0.15, 0.2) is 42.7 Å². The first-order valence-corrected chi connectivity index (χ1v) is 7.36. The second-order valence-corrected chi connectivity index (χ2v) is 5.68. The van der Waals surface area contributed by atoms with Gasteiger partial charge in [0.25, 0.3) is 0 Å². The maximum Gasteiger partial charge on any atom is 0.137 e. The number of benzene rings is 1. The molecule has 0 fully saturated rings. The van der Waals surface area contributed by atoms with Crippen molar-refractivity contribution in [1.29, 1.82) is 0 Å². The minimum atomic E-state index is 0.325. The molecule has 3 heteroatoms. The number of hydrogen-bond donors (Lipinski definition) is 2. The molecule has 0 aliphatic carbocycles. The number of rotatable bonds is 4. The molecule has 3 aromatic rings. The first kappa shape index (κ1) is 13.8. The summed E-state index contributed by atoms with van der Waals surface area (Å²) in [5.41, 5.74) is 6.22. The quantitative estimate of drug-likeness (QED) is 0.757. The van der Waals surface area contributed by atoms with Crippen LogP contribution in [0, 0.1) is 13.8 Å². The Morgan fingerprint density at radius 1 is 1.24 bits per heavy atom. The van der Waals surface area contributed by atoms with Gasteiger partial charge >= 0.3 is 0 Å². The second-order valence-electron chi connectivity index (χ2n) is 5.68. The Hall–Kier alpha value is -2.13. The topological polar surface area (TPSA) is 40.7 Å². The molecule has 0 saturated carbocycles. The Labute approximate surface area is 125 Å². The molecule has 0 bridgehead atoms.